The standard InChI is InChI=1S/C23H18F4N2O4/c24-21(25)32-17-6-5-13(11-18(17)33-22(26)27)23(12-28)9-7-14(8-10-23)29-19(30)15-3-1-2-4-16(15)20(29)31/h1-6,11,14,21-22H,7-10H2. The number of fused-ring (bicyclic) bond motifs is 1. The molecule has 1 heterocycles. The molecule has 4 rings (SSSR count). The van der Waals surface area contributed by atoms with E-state index in [2.05, 4.69) is 15.5 Å². The van der Waals surface area contributed by atoms with Crippen LogP contribution in [0.4, 0.5) is 17.6 Å². The molecule has 33 heavy (non-hydrogen) atoms. The lowest BCUT2D eigenvalue weighted by Gasteiger charge is -2.38. The highest BCUT2D eigenvalue weighted by molar-refractivity contribution is 6.21. The van der Waals surface area contributed by atoms with E-state index in [-0.39, 0.29) is 24.7 Å². The number of carbonyl (C=O) groups excluding carboxylic acids is 2. The number of benzene rings is 2. The van der Waals surface area contributed by atoms with Crippen molar-refractivity contribution in [1.29, 1.82) is 5.26 Å². The summed E-state index contributed by atoms with van der Waals surface area (Å²) in [6.07, 6.45) is 1.09. The number of alkyl halides is 4. The van der Waals surface area contributed by atoms with E-state index in [9.17, 15) is 32.4 Å². The molecule has 2 amide bonds. The second-order valence-electron chi connectivity index (χ2n) is 7.87. The summed E-state index contributed by atoms with van der Waals surface area (Å²) in [6, 6.07) is 11.8. The van der Waals surface area contributed by atoms with Crippen LogP contribution in [0, 0.1) is 11.3 Å². The topological polar surface area (TPSA) is 79.6 Å². The van der Waals surface area contributed by atoms with E-state index < -0.39 is 36.2 Å². The third-order valence-corrected chi connectivity index (χ3v) is 6.14. The number of rotatable bonds is 6. The minimum Gasteiger partial charge on any atom is -0.431 e. The third-order valence-electron chi connectivity index (χ3n) is 6.14. The number of hydrogen-bond acceptors (Lipinski definition) is 5. The zero-order valence-electron chi connectivity index (χ0n) is 17.1. The average molecular weight is 462 g/mol. The van der Waals surface area contributed by atoms with Gasteiger partial charge in [0.25, 0.3) is 11.8 Å². The number of ether oxygens (including phenoxy) is 2. The molecule has 0 unspecified atom stereocenters. The fourth-order valence-corrected chi connectivity index (χ4v) is 4.55. The van der Waals surface area contributed by atoms with Crippen molar-refractivity contribution >= 4 is 11.8 Å². The normalized spacial score (nSPS) is 22.5. The Morgan fingerprint density at radius 3 is 1.97 bits per heavy atom. The maximum atomic E-state index is 12.8. The lowest BCUT2D eigenvalue weighted by atomic mass is 9.69. The van der Waals surface area contributed by atoms with Gasteiger partial charge in [-0.3, -0.25) is 14.5 Å². The lowest BCUT2D eigenvalue weighted by molar-refractivity contribution is -0.0693. The quantitative estimate of drug-likeness (QED) is 0.451. The summed E-state index contributed by atoms with van der Waals surface area (Å²) in [5.41, 5.74) is -0.146. The van der Waals surface area contributed by atoms with Gasteiger partial charge in [0.1, 0.15) is 0 Å². The first-order valence-electron chi connectivity index (χ1n) is 10.2. The molecule has 0 aromatic heterocycles. The molecule has 1 saturated carbocycles. The number of halogens is 4. The van der Waals surface area contributed by atoms with Crippen LogP contribution in [0.2, 0.25) is 0 Å². The molecule has 1 aliphatic carbocycles. The molecule has 2 aromatic rings. The summed E-state index contributed by atoms with van der Waals surface area (Å²) in [4.78, 5) is 26.7. The van der Waals surface area contributed by atoms with Crippen LogP contribution in [-0.4, -0.2) is 36.0 Å². The van der Waals surface area contributed by atoms with Crippen LogP contribution in [0.25, 0.3) is 0 Å². The van der Waals surface area contributed by atoms with Crippen LogP contribution in [0.1, 0.15) is 52.0 Å². The van der Waals surface area contributed by atoms with E-state index in [0.29, 0.717) is 29.5 Å². The van der Waals surface area contributed by atoms with Crippen molar-refractivity contribution < 1.29 is 36.6 Å². The lowest BCUT2D eigenvalue weighted by Crippen LogP contribution is -2.44. The van der Waals surface area contributed by atoms with Crippen molar-refractivity contribution in [1.82, 2.24) is 4.90 Å². The molecule has 0 atom stereocenters. The van der Waals surface area contributed by atoms with E-state index in [1.54, 1.807) is 24.3 Å². The van der Waals surface area contributed by atoms with Gasteiger partial charge in [-0.2, -0.15) is 22.8 Å². The summed E-state index contributed by atoms with van der Waals surface area (Å²) in [7, 11) is 0. The summed E-state index contributed by atoms with van der Waals surface area (Å²) in [5, 5.41) is 9.94. The largest absolute Gasteiger partial charge is 0.431 e. The van der Waals surface area contributed by atoms with Crippen molar-refractivity contribution in [2.75, 3.05) is 0 Å². The van der Waals surface area contributed by atoms with Gasteiger partial charge in [-0.05, 0) is 55.5 Å². The van der Waals surface area contributed by atoms with Gasteiger partial charge in [-0.15, -0.1) is 0 Å². The van der Waals surface area contributed by atoms with Crippen molar-refractivity contribution in [2.45, 2.75) is 50.4 Å². The number of hydrogen-bond donors (Lipinski definition) is 0. The number of nitrogens with zero attached hydrogens (tertiary/aromatic N) is 2. The van der Waals surface area contributed by atoms with Gasteiger partial charge >= 0.3 is 13.2 Å². The molecule has 1 fully saturated rings. The molecule has 0 N–H and O–H groups in total. The Bertz CT molecular complexity index is 1090. The van der Waals surface area contributed by atoms with Gasteiger partial charge in [0, 0.05) is 6.04 Å². The van der Waals surface area contributed by atoms with Gasteiger partial charge in [0.2, 0.25) is 0 Å². The maximum Gasteiger partial charge on any atom is 0.387 e. The highest BCUT2D eigenvalue weighted by atomic mass is 19.3. The predicted octanol–water partition coefficient (Wildman–Crippen LogP) is 4.89. The Kier molecular flexibility index (Phi) is 5.97. The second kappa shape index (κ2) is 8.73. The average Bonchev–Trinajstić information content (AvgIpc) is 3.05. The first kappa shape index (κ1) is 22.6. The van der Waals surface area contributed by atoms with Gasteiger partial charge in [-0.25, -0.2) is 0 Å². The highest BCUT2D eigenvalue weighted by Gasteiger charge is 2.45. The van der Waals surface area contributed by atoms with E-state index >= 15 is 0 Å². The van der Waals surface area contributed by atoms with E-state index in [1.165, 1.54) is 11.0 Å². The molecule has 2 aromatic carbocycles. The van der Waals surface area contributed by atoms with Crippen LogP contribution in [0.5, 0.6) is 11.5 Å². The first-order valence-corrected chi connectivity index (χ1v) is 10.2. The minimum absolute atomic E-state index is 0.227. The van der Waals surface area contributed by atoms with Crippen molar-refractivity contribution in [3.8, 4) is 17.6 Å². The predicted molar refractivity (Wildman–Crippen MR) is 106 cm³/mol. The summed E-state index contributed by atoms with van der Waals surface area (Å²) < 4.78 is 59.4. The Morgan fingerprint density at radius 2 is 1.45 bits per heavy atom. The fourth-order valence-electron chi connectivity index (χ4n) is 4.55. The number of nitriles is 1. The van der Waals surface area contributed by atoms with Gasteiger partial charge in [0.05, 0.1) is 22.6 Å². The third kappa shape index (κ3) is 4.11. The number of imide groups is 1. The summed E-state index contributed by atoms with van der Waals surface area (Å²) >= 11 is 0. The van der Waals surface area contributed by atoms with E-state index in [1.807, 2.05) is 0 Å². The Morgan fingerprint density at radius 1 is 0.909 bits per heavy atom. The Hall–Kier alpha value is -3.61. The minimum atomic E-state index is -3.28. The number of amides is 2. The molecule has 1 aliphatic heterocycles. The molecule has 0 saturated heterocycles. The van der Waals surface area contributed by atoms with Crippen molar-refractivity contribution in [2.24, 2.45) is 0 Å². The molecular formula is C23H18F4N2O4. The number of carbonyl (C=O) groups is 2. The van der Waals surface area contributed by atoms with Crippen LogP contribution >= 0.6 is 0 Å². The molecule has 0 radical (unpaired) electrons. The molecule has 172 valence electrons. The summed E-state index contributed by atoms with van der Waals surface area (Å²) in [5.74, 6) is -1.93. The molecule has 0 spiro atoms. The van der Waals surface area contributed by atoms with Crippen molar-refractivity contribution in [3.05, 3.63) is 59.2 Å². The van der Waals surface area contributed by atoms with Crippen LogP contribution in [-0.2, 0) is 5.41 Å². The van der Waals surface area contributed by atoms with Gasteiger partial charge in [-0.1, -0.05) is 18.2 Å². The van der Waals surface area contributed by atoms with Crippen LogP contribution in [0.15, 0.2) is 42.5 Å². The van der Waals surface area contributed by atoms with Crippen LogP contribution in [0.3, 0.4) is 0 Å². The highest BCUT2D eigenvalue weighted by Crippen LogP contribution is 2.44. The van der Waals surface area contributed by atoms with Gasteiger partial charge < -0.3 is 9.47 Å². The molecule has 6 nitrogen and oxygen atoms in total. The summed E-state index contributed by atoms with van der Waals surface area (Å²) in [6.45, 7) is -6.52. The van der Waals surface area contributed by atoms with Gasteiger partial charge in [0.15, 0.2) is 11.5 Å². The maximum absolute atomic E-state index is 12.8. The van der Waals surface area contributed by atoms with E-state index in [0.717, 1.165) is 12.1 Å². The SMILES string of the molecule is N#CC1(c2ccc(OC(F)F)c(OC(F)F)c2)CCC(N2C(=O)c3ccccc3C2=O)CC1. The molecular weight excluding hydrogens is 444 g/mol. The zero-order valence-corrected chi connectivity index (χ0v) is 17.1. The monoisotopic (exact) mass is 462 g/mol. The zero-order chi connectivity index (χ0) is 23.8. The van der Waals surface area contributed by atoms with Crippen molar-refractivity contribution in [3.63, 3.8) is 0 Å². The molecule has 10 heteroatoms. The second-order valence-corrected chi connectivity index (χ2v) is 7.87. The smallest absolute Gasteiger partial charge is 0.387 e. The molecule has 2 aliphatic rings. The molecule has 0 bridgehead atoms. The van der Waals surface area contributed by atoms with Crippen LogP contribution < -0.4 is 9.47 Å². The van der Waals surface area contributed by atoms with E-state index in [4.69, 9.17) is 0 Å². The Balaban J connectivity index is 1.56. The first-order chi connectivity index (χ1) is 15.8. The fraction of sp³-hybridized carbons (Fsp3) is 0.348. The Labute approximate surface area is 186 Å².